The van der Waals surface area contributed by atoms with E-state index in [1.807, 2.05) is 0 Å². The number of imide groups is 1. The van der Waals surface area contributed by atoms with Crippen molar-refractivity contribution < 1.29 is 18.8 Å². The van der Waals surface area contributed by atoms with Crippen molar-refractivity contribution in [1.82, 2.24) is 15.5 Å². The van der Waals surface area contributed by atoms with E-state index in [0.29, 0.717) is 25.1 Å². The fourth-order valence-electron chi connectivity index (χ4n) is 2.60. The second-order valence-electron chi connectivity index (χ2n) is 5.25. The van der Waals surface area contributed by atoms with Gasteiger partial charge in [0.1, 0.15) is 18.9 Å². The molecule has 22 heavy (non-hydrogen) atoms. The van der Waals surface area contributed by atoms with Gasteiger partial charge in [-0.05, 0) is 30.2 Å². The van der Waals surface area contributed by atoms with E-state index in [9.17, 15) is 18.8 Å². The lowest BCUT2D eigenvalue weighted by Crippen LogP contribution is -2.36. The summed E-state index contributed by atoms with van der Waals surface area (Å²) in [6.07, 6.45) is 0.563. The van der Waals surface area contributed by atoms with Gasteiger partial charge in [-0.2, -0.15) is 0 Å². The molecular formula is C14H15FN4O3. The standard InChI is InChI=1S/C14H15FN4O3/c15-13-9-3-4-16-5-8(9)1-2-10(13)17-11(20)6-19-7-12(21)18-14(19)22/h1-2,16H,3-7H2,(H,17,20)(H,18,21,22). The molecule has 0 aromatic heterocycles. The molecule has 0 spiro atoms. The minimum atomic E-state index is -0.614. The minimum absolute atomic E-state index is 0.0941. The van der Waals surface area contributed by atoms with Crippen molar-refractivity contribution in [2.45, 2.75) is 13.0 Å². The molecule has 0 aliphatic carbocycles. The molecule has 2 heterocycles. The van der Waals surface area contributed by atoms with Crippen molar-refractivity contribution in [3.05, 3.63) is 29.1 Å². The molecule has 2 aliphatic rings. The average molecular weight is 306 g/mol. The van der Waals surface area contributed by atoms with Crippen molar-refractivity contribution in [3.8, 4) is 0 Å². The van der Waals surface area contributed by atoms with Crippen LogP contribution in [0.3, 0.4) is 0 Å². The first-order valence-corrected chi connectivity index (χ1v) is 6.94. The molecule has 0 atom stereocenters. The van der Waals surface area contributed by atoms with Crippen LogP contribution in [0.5, 0.6) is 0 Å². The zero-order chi connectivity index (χ0) is 15.7. The third-order valence-corrected chi connectivity index (χ3v) is 3.68. The number of fused-ring (bicyclic) bond motifs is 1. The topological polar surface area (TPSA) is 90.5 Å². The number of nitrogens with zero attached hydrogens (tertiary/aromatic N) is 1. The van der Waals surface area contributed by atoms with Crippen LogP contribution in [0.1, 0.15) is 11.1 Å². The van der Waals surface area contributed by atoms with E-state index in [1.54, 1.807) is 6.07 Å². The molecule has 1 fully saturated rings. The Hall–Kier alpha value is -2.48. The highest BCUT2D eigenvalue weighted by molar-refractivity contribution is 6.04. The summed E-state index contributed by atoms with van der Waals surface area (Å²) in [6.45, 7) is 0.841. The van der Waals surface area contributed by atoms with Gasteiger partial charge in [-0.25, -0.2) is 9.18 Å². The maximum absolute atomic E-state index is 14.4. The Kier molecular flexibility index (Phi) is 3.76. The molecule has 2 aliphatic heterocycles. The predicted molar refractivity (Wildman–Crippen MR) is 75.6 cm³/mol. The summed E-state index contributed by atoms with van der Waals surface area (Å²) in [5.41, 5.74) is 1.58. The monoisotopic (exact) mass is 306 g/mol. The van der Waals surface area contributed by atoms with Crippen LogP contribution < -0.4 is 16.0 Å². The van der Waals surface area contributed by atoms with Gasteiger partial charge in [0.15, 0.2) is 0 Å². The van der Waals surface area contributed by atoms with E-state index in [1.165, 1.54) is 6.07 Å². The number of urea groups is 1. The van der Waals surface area contributed by atoms with Gasteiger partial charge in [-0.15, -0.1) is 0 Å². The Morgan fingerprint density at radius 1 is 1.36 bits per heavy atom. The van der Waals surface area contributed by atoms with Gasteiger partial charge in [-0.1, -0.05) is 6.07 Å². The minimum Gasteiger partial charge on any atom is -0.322 e. The molecule has 0 radical (unpaired) electrons. The summed E-state index contributed by atoms with van der Waals surface area (Å²) < 4.78 is 14.4. The summed E-state index contributed by atoms with van der Waals surface area (Å²) in [5, 5.41) is 7.68. The Labute approximate surface area is 125 Å². The lowest BCUT2D eigenvalue weighted by molar-refractivity contribution is -0.119. The van der Waals surface area contributed by atoms with Crippen LogP contribution in [0, 0.1) is 5.82 Å². The second kappa shape index (κ2) is 5.72. The molecule has 1 saturated heterocycles. The van der Waals surface area contributed by atoms with E-state index in [2.05, 4.69) is 16.0 Å². The summed E-state index contributed by atoms with van der Waals surface area (Å²) in [7, 11) is 0. The van der Waals surface area contributed by atoms with Crippen LogP contribution in [-0.2, 0) is 22.6 Å². The van der Waals surface area contributed by atoms with Gasteiger partial charge in [0.25, 0.3) is 0 Å². The van der Waals surface area contributed by atoms with Gasteiger partial charge in [0, 0.05) is 6.54 Å². The number of hydrogen-bond donors (Lipinski definition) is 3. The summed E-state index contributed by atoms with van der Waals surface area (Å²) >= 11 is 0. The second-order valence-corrected chi connectivity index (χ2v) is 5.25. The molecule has 0 unspecified atom stereocenters. The maximum Gasteiger partial charge on any atom is 0.325 e. The largest absolute Gasteiger partial charge is 0.325 e. The number of carbonyl (C=O) groups excluding carboxylic acids is 3. The SMILES string of the molecule is O=C1CN(CC(=O)Nc2ccc3c(c2F)CCNC3)C(=O)N1. The predicted octanol–water partition coefficient (Wildman–Crippen LogP) is -0.0383. The molecule has 116 valence electrons. The number of benzene rings is 1. The molecule has 1 aromatic rings. The molecule has 7 nitrogen and oxygen atoms in total. The van der Waals surface area contributed by atoms with Crippen molar-refractivity contribution in [1.29, 1.82) is 0 Å². The highest BCUT2D eigenvalue weighted by atomic mass is 19.1. The van der Waals surface area contributed by atoms with Crippen LogP contribution >= 0.6 is 0 Å². The smallest absolute Gasteiger partial charge is 0.322 e. The van der Waals surface area contributed by atoms with E-state index in [-0.39, 0.29) is 18.8 Å². The highest BCUT2D eigenvalue weighted by Gasteiger charge is 2.28. The first-order chi connectivity index (χ1) is 10.5. The van der Waals surface area contributed by atoms with E-state index >= 15 is 0 Å². The molecule has 8 heteroatoms. The van der Waals surface area contributed by atoms with Crippen LogP contribution in [0.4, 0.5) is 14.9 Å². The highest BCUT2D eigenvalue weighted by Crippen LogP contribution is 2.24. The van der Waals surface area contributed by atoms with Crippen LogP contribution in [-0.4, -0.2) is 42.4 Å². The lowest BCUT2D eigenvalue weighted by atomic mass is 9.99. The van der Waals surface area contributed by atoms with Gasteiger partial charge in [-0.3, -0.25) is 14.9 Å². The normalized spacial score (nSPS) is 17.2. The number of halogens is 1. The lowest BCUT2D eigenvalue weighted by Gasteiger charge is -2.20. The molecule has 0 bridgehead atoms. The van der Waals surface area contributed by atoms with Crippen LogP contribution in [0.2, 0.25) is 0 Å². The van der Waals surface area contributed by atoms with E-state index in [0.717, 1.165) is 10.5 Å². The number of carbonyl (C=O) groups is 3. The van der Waals surface area contributed by atoms with E-state index < -0.39 is 23.7 Å². The maximum atomic E-state index is 14.4. The zero-order valence-electron chi connectivity index (χ0n) is 11.7. The quantitative estimate of drug-likeness (QED) is 0.684. The van der Waals surface area contributed by atoms with Crippen molar-refractivity contribution >= 4 is 23.5 Å². The molecule has 4 amide bonds. The fourth-order valence-corrected chi connectivity index (χ4v) is 2.60. The first kappa shape index (κ1) is 14.5. The third-order valence-electron chi connectivity index (χ3n) is 3.68. The molecule has 3 rings (SSSR count). The molecule has 0 saturated carbocycles. The van der Waals surface area contributed by atoms with Crippen LogP contribution in [0.25, 0.3) is 0 Å². The third kappa shape index (κ3) is 2.77. The summed E-state index contributed by atoms with van der Waals surface area (Å²) in [4.78, 5) is 35.4. The summed E-state index contributed by atoms with van der Waals surface area (Å²) in [6, 6.07) is 2.66. The number of amides is 4. The van der Waals surface area contributed by atoms with Crippen molar-refractivity contribution in [3.63, 3.8) is 0 Å². The number of anilines is 1. The Morgan fingerprint density at radius 2 is 2.18 bits per heavy atom. The van der Waals surface area contributed by atoms with Gasteiger partial charge >= 0.3 is 6.03 Å². The van der Waals surface area contributed by atoms with Crippen molar-refractivity contribution in [2.75, 3.05) is 25.0 Å². The number of hydrogen-bond acceptors (Lipinski definition) is 4. The van der Waals surface area contributed by atoms with Gasteiger partial charge < -0.3 is 15.5 Å². The average Bonchev–Trinajstić information content (AvgIpc) is 2.80. The fraction of sp³-hybridized carbons (Fsp3) is 0.357. The van der Waals surface area contributed by atoms with Gasteiger partial charge in [0.2, 0.25) is 11.8 Å². The number of rotatable bonds is 3. The molecular weight excluding hydrogens is 291 g/mol. The van der Waals surface area contributed by atoms with Crippen LogP contribution in [0.15, 0.2) is 12.1 Å². The zero-order valence-corrected chi connectivity index (χ0v) is 11.7. The van der Waals surface area contributed by atoms with Crippen molar-refractivity contribution in [2.24, 2.45) is 0 Å². The Bertz CT molecular complexity index is 662. The summed E-state index contributed by atoms with van der Waals surface area (Å²) in [5.74, 6) is -1.43. The van der Waals surface area contributed by atoms with E-state index in [4.69, 9.17) is 0 Å². The Balaban J connectivity index is 1.69. The Morgan fingerprint density at radius 3 is 2.91 bits per heavy atom. The number of nitrogens with one attached hydrogen (secondary N) is 3. The first-order valence-electron chi connectivity index (χ1n) is 6.94. The van der Waals surface area contributed by atoms with Gasteiger partial charge in [0.05, 0.1) is 5.69 Å². The molecule has 1 aromatic carbocycles. The molecule has 3 N–H and O–H groups in total.